The van der Waals surface area contributed by atoms with Gasteiger partial charge in [-0.15, -0.1) is 0 Å². The number of halogens is 4. The summed E-state index contributed by atoms with van der Waals surface area (Å²) in [5.74, 6) is -1.05. The number of nitrogens with zero attached hydrogens (tertiary/aromatic N) is 3. The maximum absolute atomic E-state index is 13.5. The van der Waals surface area contributed by atoms with E-state index in [4.69, 9.17) is 11.6 Å². The summed E-state index contributed by atoms with van der Waals surface area (Å²) < 4.78 is 46.6. The number of rotatable bonds is 8. The van der Waals surface area contributed by atoms with Gasteiger partial charge in [-0.2, -0.15) is 18.3 Å². The Labute approximate surface area is 242 Å². The van der Waals surface area contributed by atoms with Crippen molar-refractivity contribution in [2.45, 2.75) is 32.0 Å². The van der Waals surface area contributed by atoms with Crippen LogP contribution in [0.15, 0.2) is 52.5 Å². The third kappa shape index (κ3) is 6.48. The highest BCUT2D eigenvalue weighted by atomic mass is 35.5. The molecule has 8 nitrogen and oxygen atoms in total. The molecule has 2 heterocycles. The van der Waals surface area contributed by atoms with Gasteiger partial charge in [-0.05, 0) is 54.3 Å². The largest absolute Gasteiger partial charge is 0.469 e. The van der Waals surface area contributed by atoms with E-state index in [2.05, 4.69) is 20.1 Å². The van der Waals surface area contributed by atoms with E-state index in [0.29, 0.717) is 33.7 Å². The topological polar surface area (TPSA) is 103 Å². The minimum Gasteiger partial charge on any atom is -0.469 e. The van der Waals surface area contributed by atoms with E-state index >= 15 is 0 Å². The molecule has 3 aromatic rings. The van der Waals surface area contributed by atoms with Crippen molar-refractivity contribution >= 4 is 63.2 Å². The Kier molecular flexibility index (Phi) is 8.23. The molecular formula is C28H24ClF3N4O4S. The molecule has 1 aromatic heterocycles. The molecule has 1 saturated carbocycles. The van der Waals surface area contributed by atoms with Crippen LogP contribution in [0.4, 0.5) is 13.2 Å². The Bertz CT molecular complexity index is 1590. The highest BCUT2D eigenvalue weighted by molar-refractivity contribution is 8.18. The highest BCUT2D eigenvalue weighted by Gasteiger charge is 2.40. The van der Waals surface area contributed by atoms with Crippen LogP contribution < -0.4 is 5.32 Å². The molecule has 41 heavy (non-hydrogen) atoms. The van der Waals surface area contributed by atoms with E-state index in [9.17, 15) is 27.6 Å². The first-order valence-electron chi connectivity index (χ1n) is 12.7. The summed E-state index contributed by atoms with van der Waals surface area (Å²) in [6.07, 6.45) is -0.00472. The molecule has 1 aliphatic carbocycles. The maximum atomic E-state index is 13.5. The van der Waals surface area contributed by atoms with Crippen molar-refractivity contribution in [1.82, 2.24) is 15.1 Å². The molecule has 2 aliphatic rings. The van der Waals surface area contributed by atoms with Crippen LogP contribution in [0.2, 0.25) is 5.02 Å². The lowest BCUT2D eigenvalue weighted by atomic mass is 9.75. The fourth-order valence-electron chi connectivity index (χ4n) is 4.75. The number of alkyl halides is 3. The predicted octanol–water partition coefficient (Wildman–Crippen LogP) is 5.48. The van der Waals surface area contributed by atoms with E-state index in [0.717, 1.165) is 11.6 Å². The number of amides is 2. The van der Waals surface area contributed by atoms with Crippen molar-refractivity contribution in [2.75, 3.05) is 13.7 Å². The van der Waals surface area contributed by atoms with E-state index in [1.165, 1.54) is 35.7 Å². The number of thioether (sulfide) groups is 1. The number of nitrogens with one attached hydrogen (secondary N) is 1. The fraction of sp³-hybridized carbons (Fsp3) is 0.321. The first-order chi connectivity index (χ1) is 19.5. The van der Waals surface area contributed by atoms with Gasteiger partial charge in [0.25, 0.3) is 5.91 Å². The number of aromatic nitrogens is 2. The van der Waals surface area contributed by atoms with Gasteiger partial charge in [0.05, 0.1) is 47.3 Å². The maximum Gasteiger partial charge on any atom is 0.416 e. The second-order valence-electron chi connectivity index (χ2n) is 9.77. The number of methoxy groups -OCH3 is 1. The van der Waals surface area contributed by atoms with Crippen LogP contribution in [0, 0.1) is 11.8 Å². The Morgan fingerprint density at radius 3 is 2.73 bits per heavy atom. The van der Waals surface area contributed by atoms with Crippen molar-refractivity contribution in [1.29, 1.82) is 0 Å². The van der Waals surface area contributed by atoms with E-state index < -0.39 is 17.7 Å². The van der Waals surface area contributed by atoms with Crippen LogP contribution in [-0.2, 0) is 31.8 Å². The molecule has 0 bridgehead atoms. The quantitative estimate of drug-likeness (QED) is 0.270. The van der Waals surface area contributed by atoms with Gasteiger partial charge >= 0.3 is 12.1 Å². The Morgan fingerprint density at radius 2 is 2.00 bits per heavy atom. The van der Waals surface area contributed by atoms with Crippen LogP contribution in [0.5, 0.6) is 0 Å². The van der Waals surface area contributed by atoms with Crippen molar-refractivity contribution in [3.8, 4) is 0 Å². The number of carbonyl (C=O) groups is 3. The zero-order chi connectivity index (χ0) is 29.3. The zero-order valence-electron chi connectivity index (χ0n) is 21.7. The summed E-state index contributed by atoms with van der Waals surface area (Å²) >= 11 is 7.08. The number of ether oxygens (including phenoxy) is 1. The number of aliphatic imine (C=N–C) groups is 1. The summed E-state index contributed by atoms with van der Waals surface area (Å²) in [5.41, 5.74) is 0.610. The lowest BCUT2D eigenvalue weighted by Gasteiger charge is -2.33. The van der Waals surface area contributed by atoms with Gasteiger partial charge in [-0.1, -0.05) is 35.5 Å². The lowest BCUT2D eigenvalue weighted by Crippen LogP contribution is -2.41. The molecule has 214 valence electrons. The van der Waals surface area contributed by atoms with Gasteiger partial charge in [-0.3, -0.25) is 19.1 Å². The van der Waals surface area contributed by atoms with Gasteiger partial charge < -0.3 is 10.1 Å². The van der Waals surface area contributed by atoms with Gasteiger partial charge in [0.1, 0.15) is 0 Å². The second kappa shape index (κ2) is 11.7. The van der Waals surface area contributed by atoms with Crippen molar-refractivity contribution in [2.24, 2.45) is 16.8 Å². The van der Waals surface area contributed by atoms with Crippen molar-refractivity contribution in [3.63, 3.8) is 0 Å². The molecule has 2 aromatic carbocycles. The number of hydrogen-bond donors (Lipinski definition) is 1. The minimum atomic E-state index is -4.55. The molecule has 0 saturated heterocycles. The minimum absolute atomic E-state index is 0.00521. The van der Waals surface area contributed by atoms with Gasteiger partial charge in [0.2, 0.25) is 5.91 Å². The summed E-state index contributed by atoms with van der Waals surface area (Å²) in [4.78, 5) is 40.7. The number of esters is 1. The number of hydrogen-bond acceptors (Lipinski definition) is 6. The molecule has 0 spiro atoms. The lowest BCUT2D eigenvalue weighted by molar-refractivity contribution is -0.141. The summed E-state index contributed by atoms with van der Waals surface area (Å²) in [7, 11) is 1.29. The van der Waals surface area contributed by atoms with Gasteiger partial charge in [0.15, 0.2) is 0 Å². The predicted molar refractivity (Wildman–Crippen MR) is 149 cm³/mol. The Hall–Kier alpha value is -3.64. The summed E-state index contributed by atoms with van der Waals surface area (Å²) in [6.45, 7) is 0.125. The average Bonchev–Trinajstić information content (AvgIpc) is 3.45. The van der Waals surface area contributed by atoms with Gasteiger partial charge in [-0.25, -0.2) is 4.99 Å². The monoisotopic (exact) mass is 604 g/mol. The van der Waals surface area contributed by atoms with Crippen LogP contribution in [0.3, 0.4) is 0 Å². The fourth-order valence-corrected chi connectivity index (χ4v) is 5.97. The van der Waals surface area contributed by atoms with Crippen LogP contribution in [0.25, 0.3) is 17.0 Å². The molecule has 0 unspecified atom stereocenters. The molecule has 1 fully saturated rings. The first kappa shape index (κ1) is 28.9. The van der Waals surface area contributed by atoms with Crippen LogP contribution >= 0.6 is 23.4 Å². The van der Waals surface area contributed by atoms with E-state index in [1.54, 1.807) is 24.4 Å². The second-order valence-corrected chi connectivity index (χ2v) is 11.3. The summed E-state index contributed by atoms with van der Waals surface area (Å²) in [6, 6.07) is 9.00. The number of fused-ring (bicyclic) bond motifs is 1. The number of benzene rings is 2. The molecular weight excluding hydrogens is 581 g/mol. The Morgan fingerprint density at radius 1 is 1.22 bits per heavy atom. The van der Waals surface area contributed by atoms with E-state index in [-0.39, 0.29) is 53.7 Å². The third-order valence-corrected chi connectivity index (χ3v) is 8.39. The molecule has 13 heteroatoms. The molecule has 1 N–H and O–H groups in total. The molecule has 5 rings (SSSR count). The third-order valence-electron chi connectivity index (χ3n) is 7.01. The summed E-state index contributed by atoms with van der Waals surface area (Å²) in [5, 5.41) is 8.39. The van der Waals surface area contributed by atoms with Crippen molar-refractivity contribution < 1.29 is 32.3 Å². The van der Waals surface area contributed by atoms with E-state index in [1.807, 2.05) is 6.07 Å². The van der Waals surface area contributed by atoms with Crippen LogP contribution in [-0.4, -0.2) is 46.3 Å². The van der Waals surface area contributed by atoms with Crippen molar-refractivity contribution in [3.05, 3.63) is 69.2 Å². The highest BCUT2D eigenvalue weighted by Crippen LogP contribution is 2.43. The normalized spacial score (nSPS) is 19.8. The van der Waals surface area contributed by atoms with Crippen LogP contribution in [0.1, 0.15) is 36.0 Å². The first-order valence-corrected chi connectivity index (χ1v) is 13.9. The standard InChI is InChI=1S/C28H24ClF3N4O4S/c1-40-24(37)6-7-33-25(38)17-10-18(11-17)27-35-26(39)23(41-27)9-15-2-5-22-19(8-15)13-34-36(22)14-16-3-4-20(29)12-21(16)28(30,31)32/h2-5,8-9,12-13,17-18H,6-7,10-11,14H2,1H3,(H,33,38)/b23-9-. The average molecular weight is 605 g/mol. The van der Waals surface area contributed by atoms with Gasteiger partial charge in [0, 0.05) is 28.8 Å². The smallest absolute Gasteiger partial charge is 0.416 e. The Balaban J connectivity index is 1.22. The zero-order valence-corrected chi connectivity index (χ0v) is 23.3. The number of carbonyl (C=O) groups excluding carboxylic acids is 3. The molecule has 0 radical (unpaired) electrons. The molecule has 2 amide bonds. The SMILES string of the molecule is COC(=O)CCNC(=O)C1CC(C2=NC(=O)/C(=C/c3ccc4c(cnn4Cc4ccc(Cl)cc4C(F)(F)F)c3)S2)C1. The molecule has 0 atom stereocenters. The molecule has 1 aliphatic heterocycles.